The molecule has 2 aromatic rings. The van der Waals surface area contributed by atoms with Crippen LogP contribution in [-0.4, -0.2) is 25.0 Å². The highest BCUT2D eigenvalue weighted by Gasteiger charge is 2.14. The molecule has 140 valence electrons. The van der Waals surface area contributed by atoms with Gasteiger partial charge in [-0.3, -0.25) is 10.1 Å². The van der Waals surface area contributed by atoms with Crippen molar-refractivity contribution in [1.29, 1.82) is 0 Å². The number of esters is 1. The molecule has 1 N–H and O–H groups in total. The maximum atomic E-state index is 12.0. The third kappa shape index (κ3) is 6.43. The number of benzene rings is 2. The summed E-state index contributed by atoms with van der Waals surface area (Å²) in [5.74, 6) is -0.692. The Hall–Kier alpha value is -3.41. The first-order valence-electron chi connectivity index (χ1n) is 8.35. The van der Waals surface area contributed by atoms with E-state index in [0.29, 0.717) is 12.0 Å². The van der Waals surface area contributed by atoms with Crippen molar-refractivity contribution < 1.29 is 23.9 Å². The molecule has 0 saturated heterocycles. The lowest BCUT2D eigenvalue weighted by Gasteiger charge is -2.09. The Morgan fingerprint density at radius 1 is 0.963 bits per heavy atom. The summed E-state index contributed by atoms with van der Waals surface area (Å²) in [5.41, 5.74) is 2.31. The second kappa shape index (κ2) is 9.91. The van der Waals surface area contributed by atoms with E-state index in [2.05, 4.69) is 5.32 Å². The molecule has 0 aliphatic rings. The molecule has 27 heavy (non-hydrogen) atoms. The van der Waals surface area contributed by atoms with Gasteiger partial charge in [0.25, 0.3) is 0 Å². The van der Waals surface area contributed by atoms with Crippen LogP contribution < -0.4 is 5.32 Å². The van der Waals surface area contributed by atoms with Gasteiger partial charge in [0.05, 0.1) is 7.11 Å². The number of Topliss-reactive ketones (excluding diaryl/α,β-unsaturated/α-hetero) is 1. The molecule has 0 saturated carbocycles. The Bertz CT molecular complexity index is 825. The first-order chi connectivity index (χ1) is 13.0. The van der Waals surface area contributed by atoms with Crippen LogP contribution in [0.3, 0.4) is 0 Å². The molecule has 0 aromatic heterocycles. The number of hydrogen-bond donors (Lipinski definition) is 1. The number of rotatable bonds is 7. The fourth-order valence-corrected chi connectivity index (χ4v) is 2.26. The largest absolute Gasteiger partial charge is 0.464 e. The monoisotopic (exact) mass is 367 g/mol. The van der Waals surface area contributed by atoms with Crippen molar-refractivity contribution >= 4 is 17.8 Å². The van der Waals surface area contributed by atoms with Crippen molar-refractivity contribution in [2.75, 3.05) is 7.11 Å². The fraction of sp³-hybridized carbons (Fsp3) is 0.190. The van der Waals surface area contributed by atoms with E-state index in [0.717, 1.165) is 11.1 Å². The van der Waals surface area contributed by atoms with E-state index in [1.54, 1.807) is 30.3 Å². The third-order valence-electron chi connectivity index (χ3n) is 3.76. The van der Waals surface area contributed by atoms with Gasteiger partial charge in [0.1, 0.15) is 12.3 Å². The number of hydrogen-bond acceptors (Lipinski definition) is 5. The minimum atomic E-state index is -0.748. The smallest absolute Gasteiger partial charge is 0.412 e. The van der Waals surface area contributed by atoms with Crippen molar-refractivity contribution in [3.05, 3.63) is 83.1 Å². The van der Waals surface area contributed by atoms with E-state index in [4.69, 9.17) is 9.47 Å². The predicted molar refractivity (Wildman–Crippen MR) is 100 cm³/mol. The van der Waals surface area contributed by atoms with Gasteiger partial charge in [-0.15, -0.1) is 0 Å². The maximum absolute atomic E-state index is 12.0. The van der Waals surface area contributed by atoms with E-state index >= 15 is 0 Å². The standard InChI is InChI=1S/C21H21NO5/c1-15(23)18-11-8-16(9-12-18)10-13-19(20(24)26-2)22-21(25)27-14-17-6-4-3-5-7-17/h3-9,11-13H,10,14H2,1-2H3,(H,22,25)/b19-13+. The van der Waals surface area contributed by atoms with E-state index in [-0.39, 0.29) is 18.1 Å². The SMILES string of the molecule is COC(=O)/C(=C\Cc1ccc(C(C)=O)cc1)NC(=O)OCc1ccccc1. The van der Waals surface area contributed by atoms with Gasteiger partial charge in [0.15, 0.2) is 5.78 Å². The zero-order valence-electron chi connectivity index (χ0n) is 15.2. The molecular weight excluding hydrogens is 346 g/mol. The van der Waals surface area contributed by atoms with Crippen LogP contribution in [0.15, 0.2) is 66.4 Å². The molecule has 0 bridgehead atoms. The van der Waals surface area contributed by atoms with Gasteiger partial charge in [0, 0.05) is 5.56 Å². The summed E-state index contributed by atoms with van der Waals surface area (Å²) < 4.78 is 9.80. The summed E-state index contributed by atoms with van der Waals surface area (Å²) in [6, 6.07) is 16.2. The topological polar surface area (TPSA) is 81.7 Å². The van der Waals surface area contributed by atoms with Gasteiger partial charge < -0.3 is 9.47 Å². The molecule has 6 nitrogen and oxygen atoms in total. The minimum absolute atomic E-state index is 0.00814. The molecule has 0 spiro atoms. The number of alkyl carbamates (subject to hydrolysis) is 1. The first-order valence-corrected chi connectivity index (χ1v) is 8.35. The second-order valence-corrected chi connectivity index (χ2v) is 5.75. The van der Waals surface area contributed by atoms with Crippen LogP contribution in [0, 0.1) is 0 Å². The molecule has 0 atom stereocenters. The summed E-state index contributed by atoms with van der Waals surface area (Å²) in [7, 11) is 1.23. The van der Waals surface area contributed by atoms with E-state index < -0.39 is 12.1 Å². The van der Waals surface area contributed by atoms with Crippen molar-refractivity contribution in [2.45, 2.75) is 20.0 Å². The highest BCUT2D eigenvalue weighted by Crippen LogP contribution is 2.08. The number of carbonyl (C=O) groups is 3. The van der Waals surface area contributed by atoms with Crippen LogP contribution in [0.4, 0.5) is 4.79 Å². The Kier molecular flexibility index (Phi) is 7.31. The van der Waals surface area contributed by atoms with Crippen molar-refractivity contribution in [3.8, 4) is 0 Å². The van der Waals surface area contributed by atoms with E-state index in [1.165, 1.54) is 14.0 Å². The Labute approximate surface area is 157 Å². The lowest BCUT2D eigenvalue weighted by molar-refractivity contribution is -0.136. The Morgan fingerprint density at radius 2 is 1.63 bits per heavy atom. The lowest BCUT2D eigenvalue weighted by atomic mass is 10.1. The van der Waals surface area contributed by atoms with Crippen LogP contribution in [0.2, 0.25) is 0 Å². The predicted octanol–water partition coefficient (Wildman–Crippen LogP) is 3.42. The van der Waals surface area contributed by atoms with Gasteiger partial charge in [-0.05, 0) is 30.5 Å². The van der Waals surface area contributed by atoms with Gasteiger partial charge in [-0.2, -0.15) is 0 Å². The first kappa shape index (κ1) is 19.9. The normalized spacial score (nSPS) is 10.8. The van der Waals surface area contributed by atoms with Crippen molar-refractivity contribution in [2.24, 2.45) is 0 Å². The van der Waals surface area contributed by atoms with Crippen LogP contribution in [0.5, 0.6) is 0 Å². The molecule has 0 fully saturated rings. The number of nitrogens with one attached hydrogen (secondary N) is 1. The molecule has 1 amide bonds. The molecule has 0 aliphatic carbocycles. The van der Waals surface area contributed by atoms with Crippen molar-refractivity contribution in [3.63, 3.8) is 0 Å². The van der Waals surface area contributed by atoms with Gasteiger partial charge in [0.2, 0.25) is 0 Å². The van der Waals surface area contributed by atoms with Gasteiger partial charge >= 0.3 is 12.1 Å². The van der Waals surface area contributed by atoms with Crippen LogP contribution >= 0.6 is 0 Å². The summed E-state index contributed by atoms with van der Waals surface area (Å²) >= 11 is 0. The highest BCUT2D eigenvalue weighted by molar-refractivity contribution is 5.94. The van der Waals surface area contributed by atoms with E-state index in [9.17, 15) is 14.4 Å². The molecule has 0 aliphatic heterocycles. The highest BCUT2D eigenvalue weighted by atomic mass is 16.6. The fourth-order valence-electron chi connectivity index (χ4n) is 2.26. The summed E-state index contributed by atoms with van der Waals surface area (Å²) in [6.07, 6.45) is 1.17. The van der Waals surface area contributed by atoms with Crippen LogP contribution in [-0.2, 0) is 27.3 Å². The zero-order valence-corrected chi connectivity index (χ0v) is 15.2. The molecule has 0 unspecified atom stereocenters. The number of ether oxygens (including phenoxy) is 2. The average Bonchev–Trinajstić information content (AvgIpc) is 2.70. The maximum Gasteiger partial charge on any atom is 0.412 e. The summed E-state index contributed by atoms with van der Waals surface area (Å²) in [4.78, 5) is 35.1. The molecule has 2 rings (SSSR count). The number of amides is 1. The molecule has 0 radical (unpaired) electrons. The number of ketones is 1. The Balaban J connectivity index is 1.99. The number of methoxy groups -OCH3 is 1. The van der Waals surface area contributed by atoms with E-state index in [1.807, 2.05) is 30.3 Å². The van der Waals surface area contributed by atoms with Crippen LogP contribution in [0.1, 0.15) is 28.4 Å². The number of allylic oxidation sites excluding steroid dienone is 1. The minimum Gasteiger partial charge on any atom is -0.464 e. The quantitative estimate of drug-likeness (QED) is 0.461. The Morgan fingerprint density at radius 3 is 2.22 bits per heavy atom. The summed E-state index contributed by atoms with van der Waals surface area (Å²) in [5, 5.41) is 2.41. The molecule has 0 heterocycles. The third-order valence-corrected chi connectivity index (χ3v) is 3.76. The summed E-state index contributed by atoms with van der Waals surface area (Å²) in [6.45, 7) is 1.59. The number of carbonyl (C=O) groups excluding carboxylic acids is 3. The molecule has 6 heteroatoms. The van der Waals surface area contributed by atoms with Crippen molar-refractivity contribution in [1.82, 2.24) is 5.32 Å². The molecular formula is C21H21NO5. The lowest BCUT2D eigenvalue weighted by Crippen LogP contribution is -2.28. The second-order valence-electron chi connectivity index (χ2n) is 5.75. The van der Waals surface area contributed by atoms with Gasteiger partial charge in [-0.1, -0.05) is 54.6 Å². The zero-order chi connectivity index (χ0) is 19.6. The molecule has 2 aromatic carbocycles. The average molecular weight is 367 g/mol. The van der Waals surface area contributed by atoms with Crippen LogP contribution in [0.25, 0.3) is 0 Å². The van der Waals surface area contributed by atoms with Gasteiger partial charge in [-0.25, -0.2) is 9.59 Å².